The summed E-state index contributed by atoms with van der Waals surface area (Å²) in [5.41, 5.74) is 8.31. The van der Waals surface area contributed by atoms with Gasteiger partial charge in [-0.2, -0.15) is 0 Å². The summed E-state index contributed by atoms with van der Waals surface area (Å²) in [6.45, 7) is 3.43. The van der Waals surface area contributed by atoms with Crippen molar-refractivity contribution in [2.45, 2.75) is 32.2 Å². The van der Waals surface area contributed by atoms with Crippen LogP contribution in [0.3, 0.4) is 0 Å². The largest absolute Gasteiger partial charge is 0.344 e. The van der Waals surface area contributed by atoms with Gasteiger partial charge in [-0.25, -0.2) is 0 Å². The van der Waals surface area contributed by atoms with Crippen LogP contribution >= 0.6 is 0 Å². The molecule has 5 aromatic rings. The SMILES string of the molecule is Cc1c2n(c3ccccc13)CCCC2c1cn(-c2ccccc2)c2ccccc12. The van der Waals surface area contributed by atoms with Crippen LogP contribution in [0.15, 0.2) is 85.1 Å². The predicted octanol–water partition coefficient (Wildman–Crippen LogP) is 6.82. The fraction of sp³-hybridized carbons (Fsp3) is 0.185. The van der Waals surface area contributed by atoms with Gasteiger partial charge < -0.3 is 9.13 Å². The first-order valence-corrected chi connectivity index (χ1v) is 10.6. The Morgan fingerprint density at radius 3 is 2.28 bits per heavy atom. The molecular formula is C27H24N2. The molecule has 0 saturated heterocycles. The molecule has 0 aliphatic carbocycles. The lowest BCUT2D eigenvalue weighted by Gasteiger charge is -2.26. The lowest BCUT2D eigenvalue weighted by atomic mass is 9.87. The molecule has 3 aromatic carbocycles. The van der Waals surface area contributed by atoms with Gasteiger partial charge in [0.2, 0.25) is 0 Å². The molecule has 2 aromatic heterocycles. The van der Waals surface area contributed by atoms with Crippen molar-refractivity contribution in [1.82, 2.24) is 9.13 Å². The highest BCUT2D eigenvalue weighted by molar-refractivity contribution is 5.89. The Morgan fingerprint density at radius 2 is 1.45 bits per heavy atom. The number of aryl methyl sites for hydroxylation is 2. The van der Waals surface area contributed by atoms with Gasteiger partial charge in [0.05, 0.1) is 5.52 Å². The molecule has 1 unspecified atom stereocenters. The van der Waals surface area contributed by atoms with Gasteiger partial charge in [-0.05, 0) is 55.2 Å². The fourth-order valence-electron chi connectivity index (χ4n) is 5.37. The summed E-state index contributed by atoms with van der Waals surface area (Å²) < 4.78 is 4.94. The van der Waals surface area contributed by atoms with Crippen LogP contribution in [0.1, 0.15) is 35.6 Å². The van der Waals surface area contributed by atoms with Crippen LogP contribution in [0.2, 0.25) is 0 Å². The van der Waals surface area contributed by atoms with Crippen molar-refractivity contribution in [2.24, 2.45) is 0 Å². The molecular weight excluding hydrogens is 352 g/mol. The third kappa shape index (κ3) is 2.42. The number of para-hydroxylation sites is 3. The first-order chi connectivity index (χ1) is 14.3. The first-order valence-electron chi connectivity index (χ1n) is 10.6. The van der Waals surface area contributed by atoms with Crippen molar-refractivity contribution in [3.05, 3.63) is 102 Å². The van der Waals surface area contributed by atoms with Crippen molar-refractivity contribution in [3.8, 4) is 5.69 Å². The average Bonchev–Trinajstić information content (AvgIpc) is 3.31. The Balaban J connectivity index is 1.62. The lowest BCUT2D eigenvalue weighted by molar-refractivity contribution is 0.500. The number of hydrogen-bond acceptors (Lipinski definition) is 0. The molecule has 0 N–H and O–H groups in total. The molecule has 142 valence electrons. The molecule has 0 bridgehead atoms. The van der Waals surface area contributed by atoms with Gasteiger partial charge in [0.15, 0.2) is 0 Å². The number of hydrogen-bond donors (Lipinski definition) is 0. The third-order valence-electron chi connectivity index (χ3n) is 6.63. The van der Waals surface area contributed by atoms with Gasteiger partial charge in [-0.1, -0.05) is 54.6 Å². The fourth-order valence-corrected chi connectivity index (χ4v) is 5.37. The van der Waals surface area contributed by atoms with Crippen molar-refractivity contribution in [3.63, 3.8) is 0 Å². The highest BCUT2D eigenvalue weighted by Gasteiger charge is 2.29. The molecule has 0 fully saturated rings. The van der Waals surface area contributed by atoms with Crippen molar-refractivity contribution in [2.75, 3.05) is 0 Å². The van der Waals surface area contributed by atoms with Crippen molar-refractivity contribution >= 4 is 21.8 Å². The van der Waals surface area contributed by atoms with Crippen LogP contribution in [0, 0.1) is 6.92 Å². The van der Waals surface area contributed by atoms with Crippen LogP contribution < -0.4 is 0 Å². The van der Waals surface area contributed by atoms with E-state index in [0.29, 0.717) is 5.92 Å². The van der Waals surface area contributed by atoms with E-state index >= 15 is 0 Å². The van der Waals surface area contributed by atoms with E-state index < -0.39 is 0 Å². The standard InChI is InChI=1S/C27H24N2/c1-19-21-12-5-7-15-25(21)28-17-9-14-23(27(19)28)24-18-29(20-10-3-2-4-11-20)26-16-8-6-13-22(24)26/h2-8,10-13,15-16,18,23H,9,14,17H2,1H3. The molecule has 1 atom stereocenters. The molecule has 2 heteroatoms. The minimum absolute atomic E-state index is 0.436. The molecule has 2 nitrogen and oxygen atoms in total. The normalized spacial score (nSPS) is 16.4. The van der Waals surface area contributed by atoms with Gasteiger partial charge in [0, 0.05) is 46.3 Å². The minimum atomic E-state index is 0.436. The number of nitrogens with zero attached hydrogens (tertiary/aromatic N) is 2. The molecule has 1 aliphatic rings. The van der Waals surface area contributed by atoms with Crippen molar-refractivity contribution < 1.29 is 0 Å². The molecule has 29 heavy (non-hydrogen) atoms. The maximum atomic E-state index is 2.58. The van der Waals surface area contributed by atoms with Crippen LogP contribution in [-0.2, 0) is 6.54 Å². The summed E-state index contributed by atoms with van der Waals surface area (Å²) in [6, 6.07) is 28.5. The highest BCUT2D eigenvalue weighted by atomic mass is 15.0. The number of aromatic nitrogens is 2. The number of benzene rings is 3. The average molecular weight is 377 g/mol. The second-order valence-electron chi connectivity index (χ2n) is 8.18. The summed E-state index contributed by atoms with van der Waals surface area (Å²) in [6.07, 6.45) is 4.82. The Bertz CT molecular complexity index is 1340. The zero-order chi connectivity index (χ0) is 19.4. The summed E-state index contributed by atoms with van der Waals surface area (Å²) in [7, 11) is 0. The predicted molar refractivity (Wildman–Crippen MR) is 121 cm³/mol. The molecule has 0 radical (unpaired) electrons. The Morgan fingerprint density at radius 1 is 0.759 bits per heavy atom. The minimum Gasteiger partial charge on any atom is -0.344 e. The Hall–Kier alpha value is -3.26. The van der Waals surface area contributed by atoms with E-state index in [1.54, 1.807) is 0 Å². The zero-order valence-corrected chi connectivity index (χ0v) is 16.7. The van der Waals surface area contributed by atoms with E-state index in [0.717, 1.165) is 6.54 Å². The molecule has 0 spiro atoms. The second kappa shape index (κ2) is 6.38. The zero-order valence-electron chi connectivity index (χ0n) is 16.7. The molecule has 6 rings (SSSR count). The summed E-state index contributed by atoms with van der Waals surface area (Å²) in [5.74, 6) is 0.436. The summed E-state index contributed by atoms with van der Waals surface area (Å²) in [5, 5.41) is 2.78. The maximum absolute atomic E-state index is 2.58. The lowest BCUT2D eigenvalue weighted by Crippen LogP contribution is -2.16. The smallest absolute Gasteiger partial charge is 0.0531 e. The Kier molecular flexibility index (Phi) is 3.67. The summed E-state index contributed by atoms with van der Waals surface area (Å²) >= 11 is 0. The monoisotopic (exact) mass is 376 g/mol. The van der Waals surface area contributed by atoms with E-state index in [1.807, 2.05) is 0 Å². The number of fused-ring (bicyclic) bond motifs is 4. The molecule has 3 heterocycles. The van der Waals surface area contributed by atoms with Gasteiger partial charge in [-0.3, -0.25) is 0 Å². The van der Waals surface area contributed by atoms with E-state index in [2.05, 4.69) is 101 Å². The third-order valence-corrected chi connectivity index (χ3v) is 6.63. The van der Waals surface area contributed by atoms with Gasteiger partial charge in [-0.15, -0.1) is 0 Å². The van der Waals surface area contributed by atoms with Gasteiger partial charge in [0.1, 0.15) is 0 Å². The van der Waals surface area contributed by atoms with E-state index in [1.165, 1.54) is 57.2 Å². The first kappa shape index (κ1) is 16.7. The van der Waals surface area contributed by atoms with Crippen LogP contribution in [0.5, 0.6) is 0 Å². The summed E-state index contributed by atoms with van der Waals surface area (Å²) in [4.78, 5) is 0. The Labute approximate surface area is 171 Å². The van der Waals surface area contributed by atoms with Crippen LogP contribution in [0.25, 0.3) is 27.5 Å². The van der Waals surface area contributed by atoms with Crippen molar-refractivity contribution in [1.29, 1.82) is 0 Å². The topological polar surface area (TPSA) is 9.86 Å². The molecule has 0 amide bonds. The molecule has 0 saturated carbocycles. The van der Waals surface area contributed by atoms with Crippen LogP contribution in [-0.4, -0.2) is 9.13 Å². The van der Waals surface area contributed by atoms with Crippen LogP contribution in [0.4, 0.5) is 0 Å². The quantitative estimate of drug-likeness (QED) is 0.320. The maximum Gasteiger partial charge on any atom is 0.0531 e. The van der Waals surface area contributed by atoms with Gasteiger partial charge >= 0.3 is 0 Å². The number of rotatable bonds is 2. The highest BCUT2D eigenvalue weighted by Crippen LogP contribution is 2.43. The van der Waals surface area contributed by atoms with Gasteiger partial charge in [0.25, 0.3) is 0 Å². The van der Waals surface area contributed by atoms with E-state index in [4.69, 9.17) is 0 Å². The second-order valence-corrected chi connectivity index (χ2v) is 8.18. The molecule has 1 aliphatic heterocycles. The van der Waals surface area contributed by atoms with E-state index in [9.17, 15) is 0 Å². The van der Waals surface area contributed by atoms with E-state index in [-0.39, 0.29) is 0 Å².